The Balaban J connectivity index is 1.33. The molecule has 0 amide bonds. The van der Waals surface area contributed by atoms with E-state index in [0.29, 0.717) is 0 Å². The van der Waals surface area contributed by atoms with Crippen LogP contribution in [0.25, 0.3) is 93.7 Å². The monoisotopic (exact) mass is 634 g/mol. The molecule has 0 aromatic heterocycles. The lowest BCUT2D eigenvalue weighted by molar-refractivity contribution is 0.986. The molecule has 0 spiro atoms. The zero-order valence-electron chi connectivity index (χ0n) is 27.7. The highest BCUT2D eigenvalue weighted by molar-refractivity contribution is 6.23. The van der Waals surface area contributed by atoms with E-state index < -0.39 is 0 Å². The Bertz CT molecular complexity index is 2800. The molecule has 50 heavy (non-hydrogen) atoms. The Morgan fingerprint density at radius 2 is 0.820 bits per heavy atom. The summed E-state index contributed by atoms with van der Waals surface area (Å²) in [5.74, 6) is 0. The van der Waals surface area contributed by atoms with Gasteiger partial charge in [0.05, 0.1) is 0 Å². The number of aryl methyl sites for hydroxylation is 1. The Kier molecular flexibility index (Phi) is 6.74. The van der Waals surface area contributed by atoms with Crippen molar-refractivity contribution in [1.29, 1.82) is 0 Å². The molecule has 1 aliphatic carbocycles. The van der Waals surface area contributed by atoms with E-state index in [9.17, 15) is 0 Å². The van der Waals surface area contributed by atoms with Crippen molar-refractivity contribution in [3.05, 3.63) is 187 Å². The molecule has 10 rings (SSSR count). The summed E-state index contributed by atoms with van der Waals surface area (Å²) in [7, 11) is 0. The van der Waals surface area contributed by atoms with E-state index in [-0.39, 0.29) is 0 Å². The summed E-state index contributed by atoms with van der Waals surface area (Å²) < 4.78 is 0. The topological polar surface area (TPSA) is 0 Å². The lowest BCUT2D eigenvalue weighted by Gasteiger charge is -2.21. The number of hydrogen-bond acceptors (Lipinski definition) is 0. The van der Waals surface area contributed by atoms with Gasteiger partial charge in [0.25, 0.3) is 0 Å². The smallest absolute Gasteiger partial charge is 0.00259 e. The SMILES string of the molecule is C1=Cc2cc(-c3c4ccc(-c5ccc6ccccc6c5)cc4c(-c4ccc5ccccc5c4)c4ccc(-c5ccccc5)cc34)ccc2CC1. The highest BCUT2D eigenvalue weighted by Gasteiger charge is 2.20. The molecule has 0 heteroatoms. The van der Waals surface area contributed by atoms with Crippen LogP contribution in [0.3, 0.4) is 0 Å². The van der Waals surface area contributed by atoms with Gasteiger partial charge in [0.15, 0.2) is 0 Å². The number of fused-ring (bicyclic) bond motifs is 5. The first-order chi connectivity index (χ1) is 24.8. The predicted molar refractivity (Wildman–Crippen MR) is 216 cm³/mol. The Morgan fingerprint density at radius 3 is 1.50 bits per heavy atom. The molecule has 0 radical (unpaired) electrons. The van der Waals surface area contributed by atoms with Gasteiger partial charge in [-0.25, -0.2) is 0 Å². The molecule has 0 unspecified atom stereocenters. The minimum atomic E-state index is 1.10. The van der Waals surface area contributed by atoms with E-state index in [4.69, 9.17) is 0 Å². The molecular weight excluding hydrogens is 601 g/mol. The zero-order valence-corrected chi connectivity index (χ0v) is 27.7. The van der Waals surface area contributed by atoms with Crippen molar-refractivity contribution >= 4 is 49.2 Å². The average Bonchev–Trinajstić information content (AvgIpc) is 3.19. The average molecular weight is 635 g/mol. The van der Waals surface area contributed by atoms with Gasteiger partial charge in [0.1, 0.15) is 0 Å². The van der Waals surface area contributed by atoms with Gasteiger partial charge in [0, 0.05) is 0 Å². The van der Waals surface area contributed by atoms with Gasteiger partial charge in [-0.05, 0) is 142 Å². The second-order valence-electron chi connectivity index (χ2n) is 13.6. The van der Waals surface area contributed by atoms with Crippen LogP contribution in [0.2, 0.25) is 0 Å². The molecular formula is C50H34. The zero-order chi connectivity index (χ0) is 33.0. The molecule has 1 aliphatic rings. The fraction of sp³-hybridized carbons (Fsp3) is 0.0400. The van der Waals surface area contributed by atoms with Crippen LogP contribution in [0.4, 0.5) is 0 Å². The Hall–Kier alpha value is -6.24. The molecule has 9 aromatic rings. The van der Waals surface area contributed by atoms with Crippen molar-refractivity contribution in [2.75, 3.05) is 0 Å². The summed E-state index contributed by atoms with van der Waals surface area (Å²) >= 11 is 0. The minimum absolute atomic E-state index is 1.10. The first-order valence-electron chi connectivity index (χ1n) is 17.6. The summed E-state index contributed by atoms with van der Waals surface area (Å²) in [5, 5.41) is 10.1. The van der Waals surface area contributed by atoms with Gasteiger partial charge >= 0.3 is 0 Å². The Morgan fingerprint density at radius 1 is 0.320 bits per heavy atom. The van der Waals surface area contributed by atoms with Gasteiger partial charge in [0.2, 0.25) is 0 Å². The first-order valence-corrected chi connectivity index (χ1v) is 17.6. The second-order valence-corrected chi connectivity index (χ2v) is 13.6. The molecule has 0 saturated carbocycles. The molecule has 0 atom stereocenters. The van der Waals surface area contributed by atoms with Gasteiger partial charge in [-0.3, -0.25) is 0 Å². The molecule has 0 heterocycles. The molecule has 0 fully saturated rings. The van der Waals surface area contributed by atoms with Gasteiger partial charge in [-0.15, -0.1) is 0 Å². The van der Waals surface area contributed by atoms with Crippen molar-refractivity contribution in [3.8, 4) is 44.5 Å². The normalized spacial score (nSPS) is 12.6. The van der Waals surface area contributed by atoms with E-state index in [1.165, 1.54) is 98.7 Å². The largest absolute Gasteiger partial charge is 0.0836 e. The van der Waals surface area contributed by atoms with Gasteiger partial charge < -0.3 is 0 Å². The van der Waals surface area contributed by atoms with E-state index >= 15 is 0 Å². The number of hydrogen-bond donors (Lipinski definition) is 0. The molecule has 0 aliphatic heterocycles. The van der Waals surface area contributed by atoms with Crippen molar-refractivity contribution in [3.63, 3.8) is 0 Å². The molecule has 234 valence electrons. The maximum atomic E-state index is 2.44. The number of benzene rings is 9. The lowest BCUT2D eigenvalue weighted by atomic mass is 9.82. The third kappa shape index (κ3) is 4.84. The Labute approximate surface area is 292 Å². The van der Waals surface area contributed by atoms with E-state index in [1.54, 1.807) is 0 Å². The van der Waals surface area contributed by atoms with Crippen LogP contribution < -0.4 is 0 Å². The fourth-order valence-corrected chi connectivity index (χ4v) is 8.14. The van der Waals surface area contributed by atoms with Crippen LogP contribution in [0.1, 0.15) is 17.5 Å². The van der Waals surface area contributed by atoms with Crippen LogP contribution >= 0.6 is 0 Å². The van der Waals surface area contributed by atoms with Crippen molar-refractivity contribution in [1.82, 2.24) is 0 Å². The predicted octanol–water partition coefficient (Wildman–Crippen LogP) is 13.9. The maximum Gasteiger partial charge on any atom is -0.00259 e. The van der Waals surface area contributed by atoms with Crippen LogP contribution in [0.15, 0.2) is 176 Å². The standard InChI is InChI=1S/C50H34/c1-2-10-33(11-3-1)41-24-26-45-47(31-41)49(43-22-19-35-13-5-8-16-38(35)29-43)46-27-25-42(40-21-18-34-12-4-7-15-37(34)28-40)32-48(46)50(45)44-23-20-36-14-6-9-17-39(36)30-44/h1-4,6-12,14-32H,5,13H2. The molecule has 9 aromatic carbocycles. The van der Waals surface area contributed by atoms with Crippen molar-refractivity contribution in [2.45, 2.75) is 12.8 Å². The molecule has 0 saturated heterocycles. The summed E-state index contributed by atoms with van der Waals surface area (Å²) in [6, 6.07) is 63.3. The first kappa shape index (κ1) is 28.7. The minimum Gasteiger partial charge on any atom is -0.0836 e. The second kappa shape index (κ2) is 11.7. The van der Waals surface area contributed by atoms with Crippen molar-refractivity contribution in [2.24, 2.45) is 0 Å². The van der Waals surface area contributed by atoms with Gasteiger partial charge in [-0.2, -0.15) is 0 Å². The van der Waals surface area contributed by atoms with Crippen LogP contribution in [0, 0.1) is 0 Å². The molecule has 0 bridgehead atoms. The lowest BCUT2D eigenvalue weighted by Crippen LogP contribution is -1.96. The van der Waals surface area contributed by atoms with Crippen LogP contribution in [-0.4, -0.2) is 0 Å². The number of rotatable bonds is 4. The van der Waals surface area contributed by atoms with Crippen LogP contribution in [-0.2, 0) is 6.42 Å². The highest BCUT2D eigenvalue weighted by atomic mass is 14.2. The summed E-state index contributed by atoms with van der Waals surface area (Å²) in [5.41, 5.74) is 12.8. The maximum absolute atomic E-state index is 2.44. The van der Waals surface area contributed by atoms with Crippen molar-refractivity contribution < 1.29 is 0 Å². The van der Waals surface area contributed by atoms with E-state index in [2.05, 4.69) is 182 Å². The summed E-state index contributed by atoms with van der Waals surface area (Å²) in [6.45, 7) is 0. The third-order valence-electron chi connectivity index (χ3n) is 10.7. The van der Waals surface area contributed by atoms with E-state index in [0.717, 1.165) is 12.8 Å². The van der Waals surface area contributed by atoms with Gasteiger partial charge in [-0.1, -0.05) is 152 Å². The molecule has 0 N–H and O–H groups in total. The highest BCUT2D eigenvalue weighted by Crippen LogP contribution is 2.47. The van der Waals surface area contributed by atoms with E-state index in [1.807, 2.05) is 0 Å². The quantitative estimate of drug-likeness (QED) is 0.169. The number of allylic oxidation sites excluding steroid dienone is 1. The fourth-order valence-electron chi connectivity index (χ4n) is 8.14. The summed E-state index contributed by atoms with van der Waals surface area (Å²) in [4.78, 5) is 0. The third-order valence-corrected chi connectivity index (χ3v) is 10.7. The molecule has 0 nitrogen and oxygen atoms in total. The summed E-state index contributed by atoms with van der Waals surface area (Å²) in [6.07, 6.45) is 6.83. The van der Waals surface area contributed by atoms with Crippen LogP contribution in [0.5, 0.6) is 0 Å².